The van der Waals surface area contributed by atoms with Crippen molar-refractivity contribution < 1.29 is 9.84 Å². The van der Waals surface area contributed by atoms with E-state index in [0.717, 1.165) is 24.0 Å². The van der Waals surface area contributed by atoms with Gasteiger partial charge in [-0.15, -0.1) is 0 Å². The number of ether oxygens (including phenoxy) is 1. The summed E-state index contributed by atoms with van der Waals surface area (Å²) in [5.74, 6) is 2.72. The molecule has 0 fully saturated rings. The Hall–Kier alpha value is 0.230. The Morgan fingerprint density at radius 3 is 2.73 bits per heavy atom. The fraction of sp³-hybridized carbons (Fsp3) is 1.00. The van der Waals surface area contributed by atoms with Gasteiger partial charge in [-0.3, -0.25) is 0 Å². The van der Waals surface area contributed by atoms with Crippen LogP contribution in [0.4, 0.5) is 0 Å². The van der Waals surface area contributed by atoms with Crippen molar-refractivity contribution in [3.05, 3.63) is 0 Å². The molecular formula is C11H25NO2S. The zero-order valence-electron chi connectivity index (χ0n) is 10.2. The van der Waals surface area contributed by atoms with Crippen LogP contribution in [0.25, 0.3) is 0 Å². The van der Waals surface area contributed by atoms with E-state index >= 15 is 0 Å². The molecule has 0 aliphatic rings. The Balaban J connectivity index is 3.21. The second kappa shape index (κ2) is 10.7. The summed E-state index contributed by atoms with van der Waals surface area (Å²) < 4.78 is 4.90. The minimum absolute atomic E-state index is 0.240. The predicted octanol–water partition coefficient (Wildman–Crippen LogP) is 1.36. The van der Waals surface area contributed by atoms with Gasteiger partial charge >= 0.3 is 0 Å². The predicted molar refractivity (Wildman–Crippen MR) is 67.5 cm³/mol. The minimum Gasteiger partial charge on any atom is -0.391 e. The quantitative estimate of drug-likeness (QED) is 0.561. The van der Waals surface area contributed by atoms with Crippen LogP contribution in [0.2, 0.25) is 0 Å². The first-order chi connectivity index (χ1) is 7.20. The highest BCUT2D eigenvalue weighted by atomic mass is 32.2. The molecule has 0 heterocycles. The first-order valence-corrected chi connectivity index (χ1v) is 6.81. The summed E-state index contributed by atoms with van der Waals surface area (Å²) in [6.07, 6.45) is 0.978. The summed E-state index contributed by atoms with van der Waals surface area (Å²) in [7, 11) is 1.68. The third-order valence-corrected chi connectivity index (χ3v) is 3.70. The van der Waals surface area contributed by atoms with Crippen molar-refractivity contribution in [2.75, 3.05) is 38.3 Å². The van der Waals surface area contributed by atoms with Crippen molar-refractivity contribution in [3.8, 4) is 0 Å². The maximum atomic E-state index is 9.61. The van der Waals surface area contributed by atoms with E-state index in [0.29, 0.717) is 13.2 Å². The van der Waals surface area contributed by atoms with Crippen LogP contribution in [0, 0.1) is 5.92 Å². The number of aliphatic hydroxyl groups excluding tert-OH is 1. The van der Waals surface area contributed by atoms with Gasteiger partial charge in [0.25, 0.3) is 0 Å². The van der Waals surface area contributed by atoms with Crippen LogP contribution in [0.5, 0.6) is 0 Å². The molecule has 0 spiro atoms. The van der Waals surface area contributed by atoms with Crippen molar-refractivity contribution >= 4 is 11.8 Å². The molecule has 0 saturated heterocycles. The standard InChI is InChI=1S/C11H25NO2S/c1-4-10(2)8-15-9-11(13)7-12-5-6-14-3/h10-13H,4-9H2,1-3H3. The molecule has 0 aromatic carbocycles. The summed E-state index contributed by atoms with van der Waals surface area (Å²) in [5.41, 5.74) is 0. The first kappa shape index (κ1) is 15.2. The maximum absolute atomic E-state index is 9.61. The van der Waals surface area contributed by atoms with E-state index in [1.807, 2.05) is 11.8 Å². The number of nitrogens with one attached hydrogen (secondary N) is 1. The molecule has 4 heteroatoms. The fourth-order valence-corrected chi connectivity index (χ4v) is 2.19. The van der Waals surface area contributed by atoms with Gasteiger partial charge in [-0.25, -0.2) is 0 Å². The van der Waals surface area contributed by atoms with Gasteiger partial charge in [-0.1, -0.05) is 20.3 Å². The third-order valence-electron chi connectivity index (χ3n) is 2.27. The Kier molecular flexibility index (Phi) is 10.9. The number of hydrogen-bond acceptors (Lipinski definition) is 4. The Morgan fingerprint density at radius 2 is 2.13 bits per heavy atom. The van der Waals surface area contributed by atoms with E-state index in [9.17, 15) is 5.11 Å². The monoisotopic (exact) mass is 235 g/mol. The summed E-state index contributed by atoms with van der Waals surface area (Å²) in [4.78, 5) is 0. The lowest BCUT2D eigenvalue weighted by Crippen LogP contribution is -2.30. The van der Waals surface area contributed by atoms with Gasteiger partial charge in [-0.2, -0.15) is 11.8 Å². The SMILES string of the molecule is CCC(C)CSCC(O)CNCCOC. The van der Waals surface area contributed by atoms with Crippen molar-refractivity contribution in [3.63, 3.8) is 0 Å². The van der Waals surface area contributed by atoms with E-state index in [1.54, 1.807) is 7.11 Å². The molecule has 2 N–H and O–H groups in total. The normalized spacial score (nSPS) is 15.2. The number of thioether (sulfide) groups is 1. The molecule has 0 aliphatic carbocycles. The molecular weight excluding hydrogens is 210 g/mol. The van der Waals surface area contributed by atoms with E-state index in [4.69, 9.17) is 4.74 Å². The zero-order valence-corrected chi connectivity index (χ0v) is 11.0. The average molecular weight is 235 g/mol. The highest BCUT2D eigenvalue weighted by molar-refractivity contribution is 7.99. The minimum atomic E-state index is -0.240. The van der Waals surface area contributed by atoms with Gasteiger partial charge in [0.1, 0.15) is 0 Å². The molecule has 0 aliphatic heterocycles. The van der Waals surface area contributed by atoms with Gasteiger partial charge in [0, 0.05) is 26.0 Å². The van der Waals surface area contributed by atoms with Gasteiger partial charge in [0.2, 0.25) is 0 Å². The molecule has 0 aromatic heterocycles. The Bertz CT molecular complexity index is 136. The van der Waals surface area contributed by atoms with Gasteiger partial charge in [0.15, 0.2) is 0 Å². The maximum Gasteiger partial charge on any atom is 0.0754 e. The van der Waals surface area contributed by atoms with E-state index in [-0.39, 0.29) is 6.10 Å². The number of aliphatic hydroxyl groups is 1. The van der Waals surface area contributed by atoms with Crippen LogP contribution >= 0.6 is 11.8 Å². The van der Waals surface area contributed by atoms with Crippen LogP contribution in [0.3, 0.4) is 0 Å². The fourth-order valence-electron chi connectivity index (χ4n) is 1.02. The lowest BCUT2D eigenvalue weighted by Gasteiger charge is -2.13. The van der Waals surface area contributed by atoms with Gasteiger partial charge < -0.3 is 15.2 Å². The molecule has 0 rings (SSSR count). The lowest BCUT2D eigenvalue weighted by molar-refractivity contribution is 0.175. The van der Waals surface area contributed by atoms with E-state index < -0.39 is 0 Å². The van der Waals surface area contributed by atoms with E-state index in [1.165, 1.54) is 6.42 Å². The lowest BCUT2D eigenvalue weighted by atomic mass is 10.2. The van der Waals surface area contributed by atoms with Gasteiger partial charge in [-0.05, 0) is 11.7 Å². The first-order valence-electron chi connectivity index (χ1n) is 5.66. The molecule has 0 bridgehead atoms. The summed E-state index contributed by atoms with van der Waals surface area (Å²) in [6, 6.07) is 0. The van der Waals surface area contributed by atoms with Gasteiger partial charge in [0.05, 0.1) is 12.7 Å². The number of methoxy groups -OCH3 is 1. The molecule has 15 heavy (non-hydrogen) atoms. The molecule has 0 amide bonds. The van der Waals surface area contributed by atoms with Crippen LogP contribution in [-0.2, 0) is 4.74 Å². The summed E-state index contributed by atoms with van der Waals surface area (Å²) in [5, 5.41) is 12.8. The molecule has 92 valence electrons. The van der Waals surface area contributed by atoms with Crippen molar-refractivity contribution in [2.24, 2.45) is 5.92 Å². The molecule has 2 atom stereocenters. The summed E-state index contributed by atoms with van der Waals surface area (Å²) >= 11 is 1.84. The Morgan fingerprint density at radius 1 is 1.40 bits per heavy atom. The zero-order chi connectivity index (χ0) is 11.5. The summed E-state index contributed by atoms with van der Waals surface area (Å²) in [6.45, 7) is 6.62. The number of rotatable bonds is 10. The highest BCUT2D eigenvalue weighted by Crippen LogP contribution is 2.11. The molecule has 0 aromatic rings. The molecule has 2 unspecified atom stereocenters. The highest BCUT2D eigenvalue weighted by Gasteiger charge is 2.05. The van der Waals surface area contributed by atoms with Crippen LogP contribution < -0.4 is 5.32 Å². The second-order valence-corrected chi connectivity index (χ2v) is 4.98. The molecule has 0 saturated carbocycles. The topological polar surface area (TPSA) is 41.5 Å². The molecule has 0 radical (unpaired) electrons. The average Bonchev–Trinajstić information content (AvgIpc) is 2.24. The second-order valence-electron chi connectivity index (χ2n) is 3.90. The largest absolute Gasteiger partial charge is 0.391 e. The van der Waals surface area contributed by atoms with Crippen LogP contribution in [-0.4, -0.2) is 49.5 Å². The third kappa shape index (κ3) is 10.5. The van der Waals surface area contributed by atoms with Crippen molar-refractivity contribution in [2.45, 2.75) is 26.4 Å². The van der Waals surface area contributed by atoms with E-state index in [2.05, 4.69) is 19.2 Å². The Labute approximate surface area is 98.0 Å². The van der Waals surface area contributed by atoms with Crippen molar-refractivity contribution in [1.82, 2.24) is 5.32 Å². The van der Waals surface area contributed by atoms with Crippen LogP contribution in [0.15, 0.2) is 0 Å². The number of hydrogen-bond donors (Lipinski definition) is 2. The van der Waals surface area contributed by atoms with Crippen molar-refractivity contribution in [1.29, 1.82) is 0 Å². The molecule has 3 nitrogen and oxygen atoms in total. The van der Waals surface area contributed by atoms with Crippen LogP contribution in [0.1, 0.15) is 20.3 Å². The smallest absolute Gasteiger partial charge is 0.0754 e.